The number of hydrogen-bond acceptors (Lipinski definition) is 7. The lowest BCUT2D eigenvalue weighted by atomic mass is 10.1. The van der Waals surface area contributed by atoms with Gasteiger partial charge < -0.3 is 19.2 Å². The Morgan fingerprint density at radius 3 is 2.65 bits per heavy atom. The molecule has 6 rings (SSSR count). The lowest BCUT2D eigenvalue weighted by molar-refractivity contribution is 0.209. The summed E-state index contributed by atoms with van der Waals surface area (Å²) >= 11 is 6.55. The van der Waals surface area contributed by atoms with E-state index in [0.29, 0.717) is 28.7 Å². The summed E-state index contributed by atoms with van der Waals surface area (Å²) in [4.78, 5) is 11.6. The van der Waals surface area contributed by atoms with Crippen molar-refractivity contribution in [3.8, 4) is 11.5 Å². The molecule has 2 aromatic heterocycles. The molecule has 4 aromatic rings. The molecule has 2 aromatic carbocycles. The van der Waals surface area contributed by atoms with Crippen LogP contribution in [0.5, 0.6) is 11.5 Å². The Morgan fingerprint density at radius 2 is 1.84 bits per heavy atom. The second-order valence-electron chi connectivity index (χ2n) is 9.35. The van der Waals surface area contributed by atoms with Crippen LogP contribution < -0.4 is 14.8 Å². The molecule has 0 atom stereocenters. The molecule has 2 aliphatic rings. The highest BCUT2D eigenvalue weighted by atomic mass is 35.5. The Balaban J connectivity index is 0.00000160. The minimum atomic E-state index is 0. The molecule has 7 nitrogen and oxygen atoms in total. The number of ether oxygens (including phenoxy) is 2. The van der Waals surface area contributed by atoms with E-state index in [1.165, 1.54) is 25.7 Å². The van der Waals surface area contributed by atoms with Crippen LogP contribution in [0.25, 0.3) is 21.9 Å². The van der Waals surface area contributed by atoms with Gasteiger partial charge in [0, 0.05) is 24.1 Å². The predicted octanol–water partition coefficient (Wildman–Crippen LogP) is 7.41. The number of anilines is 2. The number of rotatable bonds is 8. The highest BCUT2D eigenvalue weighted by molar-refractivity contribution is 6.35. The number of fused-ring (bicyclic) bond motifs is 2. The lowest BCUT2D eigenvalue weighted by Crippen LogP contribution is -2.25. The van der Waals surface area contributed by atoms with Crippen molar-refractivity contribution in [1.29, 1.82) is 0 Å². The topological polar surface area (TPSA) is 72.7 Å². The van der Waals surface area contributed by atoms with Crippen molar-refractivity contribution < 1.29 is 13.9 Å². The van der Waals surface area contributed by atoms with Crippen LogP contribution in [-0.2, 0) is 0 Å². The summed E-state index contributed by atoms with van der Waals surface area (Å²) in [6, 6.07) is 9.64. The highest BCUT2D eigenvalue weighted by Crippen LogP contribution is 2.40. The third-order valence-corrected chi connectivity index (χ3v) is 7.28. The van der Waals surface area contributed by atoms with Gasteiger partial charge in [-0.2, -0.15) is 0 Å². The van der Waals surface area contributed by atoms with Crippen LogP contribution >= 0.6 is 36.4 Å². The molecular formula is C27H31Cl3N4O3. The van der Waals surface area contributed by atoms with Crippen LogP contribution in [-0.4, -0.2) is 47.2 Å². The van der Waals surface area contributed by atoms with Gasteiger partial charge in [-0.3, -0.25) is 4.90 Å². The van der Waals surface area contributed by atoms with E-state index >= 15 is 0 Å². The molecule has 1 saturated carbocycles. The van der Waals surface area contributed by atoms with Gasteiger partial charge in [0.25, 0.3) is 0 Å². The van der Waals surface area contributed by atoms with Crippen molar-refractivity contribution in [2.45, 2.75) is 44.6 Å². The van der Waals surface area contributed by atoms with Gasteiger partial charge in [0.15, 0.2) is 5.58 Å². The second kappa shape index (κ2) is 12.4. The summed E-state index contributed by atoms with van der Waals surface area (Å²) < 4.78 is 18.4. The van der Waals surface area contributed by atoms with Gasteiger partial charge in [-0.1, -0.05) is 11.6 Å². The van der Waals surface area contributed by atoms with Crippen molar-refractivity contribution in [2.75, 3.05) is 31.6 Å². The fraction of sp³-hybridized carbons (Fsp3) is 0.407. The molecule has 0 unspecified atom stereocenters. The summed E-state index contributed by atoms with van der Waals surface area (Å²) in [6.45, 7) is 3.88. The number of nitrogens with one attached hydrogen (secondary N) is 1. The maximum Gasteiger partial charge on any atom is 0.158 e. The molecule has 0 amide bonds. The SMILES string of the molecule is Cl.Cl.Clc1ccc2ccoc2c1Nc1ncnc2cc(OCCN3CCCC3)cc(OC3CCCC3)c12. The Morgan fingerprint density at radius 1 is 1.03 bits per heavy atom. The van der Waals surface area contributed by atoms with Gasteiger partial charge >= 0.3 is 0 Å². The maximum absolute atomic E-state index is 6.55. The first-order valence-electron chi connectivity index (χ1n) is 12.5. The van der Waals surface area contributed by atoms with Gasteiger partial charge in [-0.15, -0.1) is 24.8 Å². The summed E-state index contributed by atoms with van der Waals surface area (Å²) in [5, 5.41) is 5.74. The number of aromatic nitrogens is 2. The van der Waals surface area contributed by atoms with E-state index in [1.807, 2.05) is 30.3 Å². The lowest BCUT2D eigenvalue weighted by Gasteiger charge is -2.19. The van der Waals surface area contributed by atoms with Crippen molar-refractivity contribution in [2.24, 2.45) is 0 Å². The van der Waals surface area contributed by atoms with Gasteiger partial charge in [0.1, 0.15) is 35.9 Å². The van der Waals surface area contributed by atoms with E-state index in [9.17, 15) is 0 Å². The molecule has 0 spiro atoms. The first-order chi connectivity index (χ1) is 17.2. The first-order valence-corrected chi connectivity index (χ1v) is 12.9. The summed E-state index contributed by atoms with van der Waals surface area (Å²) in [5.74, 6) is 2.12. The van der Waals surface area contributed by atoms with Crippen LogP contribution in [0, 0.1) is 0 Å². The van der Waals surface area contributed by atoms with Gasteiger partial charge in [0.05, 0.1) is 28.3 Å². The standard InChI is InChI=1S/C27H29ClN4O3.2ClH/c28-21-8-7-18-9-13-34-26(18)25(21)31-27-24-22(29-17-30-27)15-20(33-14-12-32-10-3-4-11-32)16-23(24)35-19-5-1-2-6-19;;/h7-9,13,15-17,19H,1-6,10-12,14H2,(H,29,30,31);2*1H. The Bertz CT molecular complexity index is 1340. The molecule has 1 aliphatic heterocycles. The average molecular weight is 566 g/mol. The smallest absolute Gasteiger partial charge is 0.158 e. The largest absolute Gasteiger partial charge is 0.492 e. The molecule has 1 N–H and O–H groups in total. The molecule has 198 valence electrons. The zero-order chi connectivity index (χ0) is 23.6. The third kappa shape index (κ3) is 6.01. The number of likely N-dealkylation sites (tertiary alicyclic amines) is 1. The highest BCUT2D eigenvalue weighted by Gasteiger charge is 2.22. The van der Waals surface area contributed by atoms with Crippen LogP contribution in [0.3, 0.4) is 0 Å². The summed E-state index contributed by atoms with van der Waals surface area (Å²) in [5.41, 5.74) is 2.12. The maximum atomic E-state index is 6.55. The van der Waals surface area contributed by atoms with E-state index in [1.54, 1.807) is 12.6 Å². The third-order valence-electron chi connectivity index (χ3n) is 6.96. The quantitative estimate of drug-likeness (QED) is 0.238. The number of halogens is 3. The van der Waals surface area contributed by atoms with Crippen molar-refractivity contribution >= 4 is 69.8 Å². The van der Waals surface area contributed by atoms with E-state index in [4.69, 9.17) is 25.5 Å². The molecular weight excluding hydrogens is 535 g/mol. The van der Waals surface area contributed by atoms with Crippen molar-refractivity contribution in [3.63, 3.8) is 0 Å². The van der Waals surface area contributed by atoms with E-state index < -0.39 is 0 Å². The Labute approximate surface area is 233 Å². The minimum absolute atomic E-state index is 0. The number of hydrogen-bond donors (Lipinski definition) is 1. The van der Waals surface area contributed by atoms with Crippen LogP contribution in [0.15, 0.2) is 47.3 Å². The van der Waals surface area contributed by atoms with Gasteiger partial charge in [-0.25, -0.2) is 9.97 Å². The average Bonchev–Trinajstić information content (AvgIpc) is 3.64. The second-order valence-corrected chi connectivity index (χ2v) is 9.75. The van der Waals surface area contributed by atoms with E-state index in [2.05, 4.69) is 20.2 Å². The molecule has 1 saturated heterocycles. The number of furan rings is 1. The number of nitrogens with zero attached hydrogens (tertiary/aromatic N) is 3. The molecule has 10 heteroatoms. The van der Waals surface area contributed by atoms with Crippen molar-refractivity contribution in [1.82, 2.24) is 14.9 Å². The fourth-order valence-corrected chi connectivity index (χ4v) is 5.32. The summed E-state index contributed by atoms with van der Waals surface area (Å²) in [6.07, 6.45) is 10.4. The molecule has 3 heterocycles. The zero-order valence-electron chi connectivity index (χ0n) is 20.5. The minimum Gasteiger partial charge on any atom is -0.492 e. The van der Waals surface area contributed by atoms with E-state index in [0.717, 1.165) is 60.3 Å². The molecule has 37 heavy (non-hydrogen) atoms. The van der Waals surface area contributed by atoms with Gasteiger partial charge in [-0.05, 0) is 69.8 Å². The monoisotopic (exact) mass is 564 g/mol. The molecule has 2 fully saturated rings. The van der Waals surface area contributed by atoms with E-state index in [-0.39, 0.29) is 30.9 Å². The zero-order valence-corrected chi connectivity index (χ0v) is 22.8. The molecule has 0 bridgehead atoms. The molecule has 0 radical (unpaired) electrons. The first kappa shape index (κ1) is 27.6. The van der Waals surface area contributed by atoms with Gasteiger partial charge in [0.2, 0.25) is 0 Å². The number of benzene rings is 2. The Kier molecular flexibility index (Phi) is 9.24. The summed E-state index contributed by atoms with van der Waals surface area (Å²) in [7, 11) is 0. The van der Waals surface area contributed by atoms with Crippen LogP contribution in [0.4, 0.5) is 11.5 Å². The van der Waals surface area contributed by atoms with Crippen LogP contribution in [0.1, 0.15) is 38.5 Å². The molecule has 1 aliphatic carbocycles. The Hall–Kier alpha value is -2.45. The normalized spacial score (nSPS) is 16.0. The van der Waals surface area contributed by atoms with Crippen molar-refractivity contribution in [3.05, 3.63) is 47.9 Å². The predicted molar refractivity (Wildman–Crippen MR) is 153 cm³/mol. The fourth-order valence-electron chi connectivity index (χ4n) is 5.13. The van der Waals surface area contributed by atoms with Crippen LogP contribution in [0.2, 0.25) is 5.02 Å².